The first-order valence-electron chi connectivity index (χ1n) is 7.66. The van der Waals surface area contributed by atoms with E-state index in [4.69, 9.17) is 18.1 Å². The maximum atomic E-state index is 6.02. The predicted octanol–water partition coefficient (Wildman–Crippen LogP) is 3.39. The van der Waals surface area contributed by atoms with Crippen molar-refractivity contribution in [1.82, 2.24) is 4.98 Å². The number of rotatable bonds is 2. The molecule has 3 aromatic rings. The van der Waals surface area contributed by atoms with Gasteiger partial charge in [0.25, 0.3) is 5.89 Å². The van der Waals surface area contributed by atoms with Crippen molar-refractivity contribution in [2.24, 2.45) is 0 Å². The van der Waals surface area contributed by atoms with E-state index in [0.717, 1.165) is 16.6 Å². The number of hydrogen-bond acceptors (Lipinski definition) is 5. The quantitative estimate of drug-likeness (QED) is 0.679. The van der Waals surface area contributed by atoms with Crippen LogP contribution in [-0.2, 0) is 9.31 Å². The second-order valence-electron chi connectivity index (χ2n) is 6.82. The molecule has 0 unspecified atom stereocenters. The molecule has 1 aliphatic rings. The molecule has 0 radical (unpaired) electrons. The maximum absolute atomic E-state index is 6.02. The molecule has 23 heavy (non-hydrogen) atoms. The Labute approximate surface area is 134 Å². The van der Waals surface area contributed by atoms with Crippen LogP contribution in [0.3, 0.4) is 0 Å². The second-order valence-corrected chi connectivity index (χ2v) is 6.82. The highest BCUT2D eigenvalue weighted by Crippen LogP contribution is 2.37. The van der Waals surface area contributed by atoms with E-state index in [1.54, 1.807) is 6.26 Å². The van der Waals surface area contributed by atoms with Crippen molar-refractivity contribution < 1.29 is 18.1 Å². The van der Waals surface area contributed by atoms with Crippen molar-refractivity contribution >= 4 is 23.7 Å². The van der Waals surface area contributed by atoms with Crippen molar-refractivity contribution in [2.45, 2.75) is 38.9 Å². The lowest BCUT2D eigenvalue weighted by molar-refractivity contribution is 0.00578. The molecule has 1 aliphatic heterocycles. The lowest BCUT2D eigenvalue weighted by Crippen LogP contribution is -2.41. The molecule has 0 spiro atoms. The fourth-order valence-corrected chi connectivity index (χ4v) is 2.54. The molecule has 2 aromatic heterocycles. The number of para-hydroxylation sites is 2. The number of nitrogens with zero attached hydrogens (tertiary/aromatic N) is 1. The van der Waals surface area contributed by atoms with E-state index in [1.807, 2.05) is 58.0 Å². The van der Waals surface area contributed by atoms with Gasteiger partial charge in [-0.3, -0.25) is 0 Å². The first-order valence-corrected chi connectivity index (χ1v) is 7.66. The van der Waals surface area contributed by atoms with Gasteiger partial charge in [0, 0.05) is 5.46 Å². The first-order chi connectivity index (χ1) is 10.9. The second kappa shape index (κ2) is 4.72. The number of oxazole rings is 1. The van der Waals surface area contributed by atoms with Crippen molar-refractivity contribution in [3.05, 3.63) is 36.6 Å². The third-order valence-corrected chi connectivity index (χ3v) is 4.65. The number of fused-ring (bicyclic) bond motifs is 1. The molecular weight excluding hydrogens is 293 g/mol. The summed E-state index contributed by atoms with van der Waals surface area (Å²) >= 11 is 0. The van der Waals surface area contributed by atoms with Gasteiger partial charge < -0.3 is 18.1 Å². The Morgan fingerprint density at radius 2 is 1.70 bits per heavy atom. The van der Waals surface area contributed by atoms with Gasteiger partial charge in [-0.05, 0) is 45.9 Å². The summed E-state index contributed by atoms with van der Waals surface area (Å²) in [5.74, 6) is 1.01. The minimum atomic E-state index is -0.457. The molecule has 5 nitrogen and oxygen atoms in total. The van der Waals surface area contributed by atoms with Gasteiger partial charge in [-0.25, -0.2) is 4.98 Å². The predicted molar refractivity (Wildman–Crippen MR) is 87.4 cm³/mol. The molecule has 0 saturated carbocycles. The summed E-state index contributed by atoms with van der Waals surface area (Å²) < 4.78 is 23.4. The zero-order chi connectivity index (χ0) is 16.2. The third-order valence-electron chi connectivity index (χ3n) is 4.65. The van der Waals surface area contributed by atoms with Crippen LogP contribution in [0.4, 0.5) is 0 Å². The lowest BCUT2D eigenvalue weighted by Gasteiger charge is -2.32. The van der Waals surface area contributed by atoms with Gasteiger partial charge in [0.15, 0.2) is 11.3 Å². The highest BCUT2D eigenvalue weighted by molar-refractivity contribution is 6.62. The standard InChI is InChI=1S/C17H18BNO4/c1-16(2)17(3,4)23-18(22-16)11-9-14(20-10-11)15-19-12-7-5-6-8-13(12)21-15/h5-10H,1-4H3. The summed E-state index contributed by atoms with van der Waals surface area (Å²) in [5, 5.41) is 0. The zero-order valence-corrected chi connectivity index (χ0v) is 13.6. The largest absolute Gasteiger partial charge is 0.498 e. The van der Waals surface area contributed by atoms with Crippen molar-refractivity contribution in [3.63, 3.8) is 0 Å². The first kappa shape index (κ1) is 14.5. The molecule has 3 heterocycles. The van der Waals surface area contributed by atoms with E-state index in [2.05, 4.69) is 4.98 Å². The van der Waals surface area contributed by atoms with Crippen LogP contribution >= 0.6 is 0 Å². The molecule has 4 rings (SSSR count). The SMILES string of the molecule is CC1(C)OB(c2coc(-c3nc4ccccc4o3)c2)OC1(C)C. The summed E-state index contributed by atoms with van der Waals surface area (Å²) in [5.41, 5.74) is 1.59. The van der Waals surface area contributed by atoms with E-state index in [9.17, 15) is 0 Å². The molecule has 0 N–H and O–H groups in total. The molecule has 0 bridgehead atoms. The average Bonchev–Trinajstić information content (AvgIpc) is 3.16. The number of aromatic nitrogens is 1. The van der Waals surface area contributed by atoms with Gasteiger partial charge in [-0.15, -0.1) is 0 Å². The Balaban J connectivity index is 1.65. The van der Waals surface area contributed by atoms with Crippen molar-refractivity contribution in [1.29, 1.82) is 0 Å². The van der Waals surface area contributed by atoms with Crippen LogP contribution < -0.4 is 5.46 Å². The Kier molecular flexibility index (Phi) is 2.99. The minimum absolute atomic E-state index is 0.382. The Morgan fingerprint density at radius 3 is 2.39 bits per heavy atom. The summed E-state index contributed by atoms with van der Waals surface area (Å²) in [6.45, 7) is 8.09. The van der Waals surface area contributed by atoms with Crippen LogP contribution in [-0.4, -0.2) is 23.3 Å². The summed E-state index contributed by atoms with van der Waals surface area (Å²) in [6, 6.07) is 9.47. The highest BCUT2D eigenvalue weighted by atomic mass is 16.7. The van der Waals surface area contributed by atoms with Gasteiger partial charge in [0.1, 0.15) is 5.52 Å². The van der Waals surface area contributed by atoms with Crippen LogP contribution in [0.25, 0.3) is 22.8 Å². The summed E-state index contributed by atoms with van der Waals surface area (Å²) in [4.78, 5) is 4.44. The van der Waals surface area contributed by atoms with Gasteiger partial charge >= 0.3 is 7.12 Å². The Hall–Kier alpha value is -2.05. The molecule has 1 aromatic carbocycles. The van der Waals surface area contributed by atoms with Crippen LogP contribution in [0.1, 0.15) is 27.7 Å². The van der Waals surface area contributed by atoms with Gasteiger partial charge in [0.2, 0.25) is 0 Å². The molecule has 0 aliphatic carbocycles. The molecule has 1 saturated heterocycles. The Bertz CT molecular complexity index is 815. The van der Waals surface area contributed by atoms with Crippen LogP contribution in [0.5, 0.6) is 0 Å². The number of hydrogen-bond donors (Lipinski definition) is 0. The van der Waals surface area contributed by atoms with E-state index in [1.165, 1.54) is 0 Å². The lowest BCUT2D eigenvalue weighted by atomic mass is 9.81. The van der Waals surface area contributed by atoms with E-state index < -0.39 is 7.12 Å². The normalized spacial score (nSPS) is 19.6. The van der Waals surface area contributed by atoms with Crippen LogP contribution in [0, 0.1) is 0 Å². The van der Waals surface area contributed by atoms with Crippen molar-refractivity contribution in [2.75, 3.05) is 0 Å². The van der Waals surface area contributed by atoms with Gasteiger partial charge in [-0.1, -0.05) is 12.1 Å². The van der Waals surface area contributed by atoms with Crippen molar-refractivity contribution in [3.8, 4) is 11.7 Å². The van der Waals surface area contributed by atoms with E-state index in [0.29, 0.717) is 11.7 Å². The van der Waals surface area contributed by atoms with Crippen LogP contribution in [0.15, 0.2) is 45.4 Å². The molecule has 1 fully saturated rings. The number of furan rings is 1. The maximum Gasteiger partial charge on any atom is 0.498 e. The van der Waals surface area contributed by atoms with Crippen LogP contribution in [0.2, 0.25) is 0 Å². The average molecular weight is 311 g/mol. The smallest absolute Gasteiger partial charge is 0.460 e. The fourth-order valence-electron chi connectivity index (χ4n) is 2.54. The summed E-state index contributed by atoms with van der Waals surface area (Å²) in [6.07, 6.45) is 1.63. The number of benzene rings is 1. The van der Waals surface area contributed by atoms with E-state index >= 15 is 0 Å². The molecular formula is C17H18BNO4. The molecule has 6 heteroatoms. The topological polar surface area (TPSA) is 57.6 Å². The third kappa shape index (κ3) is 2.29. The zero-order valence-electron chi connectivity index (χ0n) is 13.6. The minimum Gasteiger partial charge on any atom is -0.460 e. The van der Waals surface area contributed by atoms with E-state index in [-0.39, 0.29) is 11.2 Å². The van der Waals surface area contributed by atoms with Gasteiger partial charge in [0.05, 0.1) is 17.5 Å². The Morgan fingerprint density at radius 1 is 1.00 bits per heavy atom. The molecule has 118 valence electrons. The fraction of sp³-hybridized carbons (Fsp3) is 0.353. The van der Waals surface area contributed by atoms with Gasteiger partial charge in [-0.2, -0.15) is 0 Å². The summed E-state index contributed by atoms with van der Waals surface area (Å²) in [7, 11) is -0.457. The monoisotopic (exact) mass is 311 g/mol. The molecule has 0 amide bonds. The molecule has 0 atom stereocenters. The highest BCUT2D eigenvalue weighted by Gasteiger charge is 2.52.